The summed E-state index contributed by atoms with van der Waals surface area (Å²) in [5.74, 6) is 2.44. The van der Waals surface area contributed by atoms with Gasteiger partial charge in [-0.3, -0.25) is 0 Å². The molecule has 96 valence electrons. The number of nitrogens with zero attached hydrogens (tertiary/aromatic N) is 3. The minimum Gasteiger partial charge on any atom is -0.355 e. The Kier molecular flexibility index (Phi) is 4.05. The van der Waals surface area contributed by atoms with Crippen molar-refractivity contribution in [3.63, 3.8) is 0 Å². The monoisotopic (exact) mass is 236 g/mol. The van der Waals surface area contributed by atoms with Crippen molar-refractivity contribution in [1.29, 1.82) is 0 Å². The van der Waals surface area contributed by atoms with Crippen molar-refractivity contribution < 1.29 is 0 Å². The minimum atomic E-state index is 0.655. The van der Waals surface area contributed by atoms with Crippen LogP contribution in [0.4, 0.5) is 5.95 Å². The van der Waals surface area contributed by atoms with Crippen molar-refractivity contribution in [3.05, 3.63) is 12.4 Å². The third-order valence-electron chi connectivity index (χ3n) is 3.32. The zero-order valence-electron chi connectivity index (χ0n) is 11.2. The van der Waals surface area contributed by atoms with E-state index in [0.29, 0.717) is 5.92 Å². The van der Waals surface area contributed by atoms with Gasteiger partial charge in [0.05, 0.1) is 0 Å². The molecule has 1 aliphatic heterocycles. The van der Waals surface area contributed by atoms with Crippen LogP contribution in [0.2, 0.25) is 0 Å². The first-order valence-corrected chi connectivity index (χ1v) is 6.58. The largest absolute Gasteiger partial charge is 0.355 e. The average Bonchev–Trinajstić information content (AvgIpc) is 2.84. The topological polar surface area (TPSA) is 33.1 Å². The fourth-order valence-corrected chi connectivity index (χ4v) is 2.45. The lowest BCUT2D eigenvalue weighted by atomic mass is 10.1. The molecule has 4 nitrogen and oxygen atoms in total. The zero-order chi connectivity index (χ0) is 12.3. The number of likely N-dealkylation sites (tertiary alicyclic amines) is 1. The second kappa shape index (κ2) is 5.54. The molecule has 0 aromatic carbocycles. The second-order valence-corrected chi connectivity index (χ2v) is 5.59. The van der Waals surface area contributed by atoms with Crippen LogP contribution in [0, 0.1) is 11.8 Å². The molecule has 0 bridgehead atoms. The quantitative estimate of drug-likeness (QED) is 0.847. The van der Waals surface area contributed by atoms with Gasteiger partial charge < -0.3 is 14.8 Å². The molecule has 2 rings (SSSR count). The van der Waals surface area contributed by atoms with Crippen LogP contribution in [-0.2, 0) is 6.54 Å². The Morgan fingerprint density at radius 1 is 1.53 bits per heavy atom. The number of hydrogen-bond donors (Lipinski definition) is 1. The van der Waals surface area contributed by atoms with Gasteiger partial charge in [-0.25, -0.2) is 4.98 Å². The van der Waals surface area contributed by atoms with Crippen LogP contribution < -0.4 is 5.32 Å². The number of imidazole rings is 1. The van der Waals surface area contributed by atoms with Gasteiger partial charge in [0.1, 0.15) is 0 Å². The van der Waals surface area contributed by atoms with E-state index in [9.17, 15) is 0 Å². The van der Waals surface area contributed by atoms with Crippen LogP contribution in [0.15, 0.2) is 12.4 Å². The third kappa shape index (κ3) is 3.46. The molecule has 0 saturated carbocycles. The molecule has 0 radical (unpaired) electrons. The summed E-state index contributed by atoms with van der Waals surface area (Å²) in [5, 5.41) is 3.49. The Morgan fingerprint density at radius 3 is 3.00 bits per heavy atom. The van der Waals surface area contributed by atoms with Gasteiger partial charge in [-0.15, -0.1) is 0 Å². The highest BCUT2D eigenvalue weighted by molar-refractivity contribution is 5.25. The summed E-state index contributed by atoms with van der Waals surface area (Å²) in [6, 6.07) is 0. The molecule has 0 amide bonds. The van der Waals surface area contributed by atoms with Gasteiger partial charge in [-0.1, -0.05) is 13.8 Å². The highest BCUT2D eigenvalue weighted by Crippen LogP contribution is 2.15. The van der Waals surface area contributed by atoms with Crippen molar-refractivity contribution in [1.82, 2.24) is 14.5 Å². The maximum atomic E-state index is 4.39. The lowest BCUT2D eigenvalue weighted by Gasteiger charge is -2.14. The first-order chi connectivity index (χ1) is 8.15. The highest BCUT2D eigenvalue weighted by atomic mass is 15.2. The molecule has 1 saturated heterocycles. The van der Waals surface area contributed by atoms with Gasteiger partial charge in [0.25, 0.3) is 0 Å². The first kappa shape index (κ1) is 12.4. The normalized spacial score (nSPS) is 21.3. The Morgan fingerprint density at radius 2 is 2.35 bits per heavy atom. The number of anilines is 1. The molecule has 2 heterocycles. The smallest absolute Gasteiger partial charge is 0.202 e. The highest BCUT2D eigenvalue weighted by Gasteiger charge is 2.19. The van der Waals surface area contributed by atoms with Crippen molar-refractivity contribution >= 4 is 5.95 Å². The van der Waals surface area contributed by atoms with E-state index < -0.39 is 0 Å². The van der Waals surface area contributed by atoms with E-state index in [1.165, 1.54) is 19.5 Å². The summed E-state index contributed by atoms with van der Waals surface area (Å²) in [6.07, 6.45) is 5.24. The van der Waals surface area contributed by atoms with Gasteiger partial charge in [0.2, 0.25) is 5.95 Å². The fraction of sp³-hybridized carbons (Fsp3) is 0.769. The summed E-state index contributed by atoms with van der Waals surface area (Å²) in [7, 11) is 2.19. The number of hydrogen-bond acceptors (Lipinski definition) is 3. The van der Waals surface area contributed by atoms with Gasteiger partial charge in [0, 0.05) is 32.0 Å². The van der Waals surface area contributed by atoms with Crippen molar-refractivity contribution in [3.8, 4) is 0 Å². The lowest BCUT2D eigenvalue weighted by molar-refractivity contribution is 0.398. The van der Waals surface area contributed by atoms with Crippen molar-refractivity contribution in [2.24, 2.45) is 11.8 Å². The Hall–Kier alpha value is -1.03. The van der Waals surface area contributed by atoms with E-state index in [2.05, 4.69) is 46.9 Å². The lowest BCUT2D eigenvalue weighted by Crippen LogP contribution is -2.20. The molecule has 1 aromatic rings. The standard InChI is InChI=1S/C13H24N4/c1-11(2)9-17-7-5-14-13(17)15-8-12-4-6-16(3)10-12/h5,7,11-12H,4,6,8-10H2,1-3H3,(H,14,15). The molecule has 17 heavy (non-hydrogen) atoms. The summed E-state index contributed by atoms with van der Waals surface area (Å²) in [6.45, 7) is 8.97. The predicted octanol–water partition coefficient (Wildman–Crippen LogP) is 1.90. The molecule has 1 aliphatic rings. The zero-order valence-corrected chi connectivity index (χ0v) is 11.2. The molecule has 0 spiro atoms. The van der Waals surface area contributed by atoms with E-state index in [0.717, 1.165) is 25.0 Å². The van der Waals surface area contributed by atoms with Gasteiger partial charge >= 0.3 is 0 Å². The number of rotatable bonds is 5. The SMILES string of the molecule is CC(C)Cn1ccnc1NCC1CCN(C)C1. The van der Waals surface area contributed by atoms with Gasteiger partial charge in [-0.05, 0) is 31.8 Å². The summed E-state index contributed by atoms with van der Waals surface area (Å²) in [5.41, 5.74) is 0. The Labute approximate surface area is 104 Å². The van der Waals surface area contributed by atoms with Gasteiger partial charge in [-0.2, -0.15) is 0 Å². The van der Waals surface area contributed by atoms with Crippen LogP contribution in [0.25, 0.3) is 0 Å². The van der Waals surface area contributed by atoms with E-state index in [1.54, 1.807) is 0 Å². The fourth-order valence-electron chi connectivity index (χ4n) is 2.45. The molecular formula is C13H24N4. The molecule has 1 unspecified atom stereocenters. The van der Waals surface area contributed by atoms with Crippen LogP contribution in [-0.4, -0.2) is 41.1 Å². The maximum Gasteiger partial charge on any atom is 0.202 e. The summed E-state index contributed by atoms with van der Waals surface area (Å²) >= 11 is 0. The molecule has 4 heteroatoms. The van der Waals surface area contributed by atoms with Crippen LogP contribution in [0.1, 0.15) is 20.3 Å². The third-order valence-corrected chi connectivity index (χ3v) is 3.32. The predicted molar refractivity (Wildman–Crippen MR) is 71.2 cm³/mol. The van der Waals surface area contributed by atoms with Gasteiger partial charge in [0.15, 0.2) is 0 Å². The molecule has 1 N–H and O–H groups in total. The molecule has 1 atom stereocenters. The summed E-state index contributed by atoms with van der Waals surface area (Å²) < 4.78 is 2.21. The first-order valence-electron chi connectivity index (χ1n) is 6.58. The Bertz CT molecular complexity index is 345. The van der Waals surface area contributed by atoms with Crippen LogP contribution >= 0.6 is 0 Å². The Balaban J connectivity index is 1.84. The maximum absolute atomic E-state index is 4.39. The number of aromatic nitrogens is 2. The van der Waals surface area contributed by atoms with E-state index >= 15 is 0 Å². The minimum absolute atomic E-state index is 0.655. The molecule has 0 aliphatic carbocycles. The summed E-state index contributed by atoms with van der Waals surface area (Å²) in [4.78, 5) is 6.78. The van der Waals surface area contributed by atoms with Crippen molar-refractivity contribution in [2.45, 2.75) is 26.8 Å². The van der Waals surface area contributed by atoms with Crippen LogP contribution in [0.3, 0.4) is 0 Å². The van der Waals surface area contributed by atoms with E-state index in [4.69, 9.17) is 0 Å². The second-order valence-electron chi connectivity index (χ2n) is 5.59. The average molecular weight is 236 g/mol. The van der Waals surface area contributed by atoms with E-state index in [1.807, 2.05) is 6.20 Å². The molecule has 1 fully saturated rings. The molecular weight excluding hydrogens is 212 g/mol. The van der Waals surface area contributed by atoms with E-state index in [-0.39, 0.29) is 0 Å². The number of nitrogens with one attached hydrogen (secondary N) is 1. The van der Waals surface area contributed by atoms with Crippen molar-refractivity contribution in [2.75, 3.05) is 32.0 Å². The molecule has 1 aromatic heterocycles. The van der Waals surface area contributed by atoms with Crippen LogP contribution in [0.5, 0.6) is 0 Å².